The van der Waals surface area contributed by atoms with E-state index < -0.39 is 0 Å². The van der Waals surface area contributed by atoms with E-state index >= 15 is 0 Å². The van der Waals surface area contributed by atoms with Crippen molar-refractivity contribution in [1.82, 2.24) is 0 Å². The van der Waals surface area contributed by atoms with Crippen LogP contribution in [0.2, 0.25) is 0 Å². The van der Waals surface area contributed by atoms with E-state index in [9.17, 15) is 0 Å². The molecule has 0 N–H and O–H groups in total. The van der Waals surface area contributed by atoms with Gasteiger partial charge in [-0.1, -0.05) is 57.8 Å². The maximum absolute atomic E-state index is 3.56. The average Bonchev–Trinajstić information content (AvgIpc) is 2.49. The first-order valence-electron chi connectivity index (χ1n) is 6.91. The van der Waals surface area contributed by atoms with Crippen LogP contribution in [0, 0.1) is 0 Å². The third-order valence-corrected chi connectivity index (χ3v) is 3.83. The van der Waals surface area contributed by atoms with Crippen LogP contribution in [0.15, 0.2) is 83.3 Å². The minimum atomic E-state index is 1.08. The molecule has 0 aromatic heterocycles. The van der Waals surface area contributed by atoms with E-state index in [1.54, 1.807) is 0 Å². The lowest BCUT2D eigenvalue weighted by Crippen LogP contribution is -2.12. The molecule has 0 heterocycles. The highest BCUT2D eigenvalue weighted by Gasteiger charge is 2.12. The van der Waals surface area contributed by atoms with Gasteiger partial charge in [-0.05, 0) is 42.5 Å². The Hall–Kier alpha value is -2.00. The molecular formula is C18H15BBrN. The normalized spacial score (nSPS) is 10.3. The summed E-state index contributed by atoms with van der Waals surface area (Å²) >= 11 is 3.56. The van der Waals surface area contributed by atoms with Crippen molar-refractivity contribution in [1.29, 1.82) is 0 Å². The van der Waals surface area contributed by atoms with Crippen LogP contribution < -0.4 is 10.4 Å². The number of rotatable bonds is 3. The van der Waals surface area contributed by atoms with Crippen molar-refractivity contribution in [2.45, 2.75) is 0 Å². The van der Waals surface area contributed by atoms with Crippen LogP contribution in [-0.2, 0) is 0 Å². The average molecular weight is 336 g/mol. The first-order valence-corrected chi connectivity index (χ1v) is 7.71. The van der Waals surface area contributed by atoms with E-state index in [0.717, 1.165) is 15.8 Å². The van der Waals surface area contributed by atoms with E-state index in [2.05, 4.69) is 95.4 Å². The summed E-state index contributed by atoms with van der Waals surface area (Å²) in [7, 11) is 2.12. The van der Waals surface area contributed by atoms with Crippen molar-refractivity contribution < 1.29 is 0 Å². The van der Waals surface area contributed by atoms with E-state index in [-0.39, 0.29) is 0 Å². The molecule has 0 aliphatic carbocycles. The van der Waals surface area contributed by atoms with Gasteiger partial charge >= 0.3 is 0 Å². The Kier molecular flexibility index (Phi) is 4.12. The fourth-order valence-electron chi connectivity index (χ4n) is 2.41. The van der Waals surface area contributed by atoms with Crippen LogP contribution >= 0.6 is 15.9 Å². The van der Waals surface area contributed by atoms with Gasteiger partial charge in [-0.15, -0.1) is 0 Å². The molecule has 0 radical (unpaired) electrons. The molecule has 0 fully saturated rings. The largest absolute Gasteiger partial charge is 0.310 e. The maximum atomic E-state index is 3.56. The van der Waals surface area contributed by atoms with Crippen molar-refractivity contribution in [2.75, 3.05) is 4.90 Å². The summed E-state index contributed by atoms with van der Waals surface area (Å²) in [4.78, 5) is 2.26. The Labute approximate surface area is 134 Å². The third-order valence-electron chi connectivity index (χ3n) is 3.34. The number of hydrogen-bond donors (Lipinski definition) is 0. The summed E-state index contributed by atoms with van der Waals surface area (Å²) in [6.45, 7) is 0. The van der Waals surface area contributed by atoms with Crippen molar-refractivity contribution in [2.24, 2.45) is 0 Å². The van der Waals surface area contributed by atoms with Crippen LogP contribution in [0.5, 0.6) is 0 Å². The topological polar surface area (TPSA) is 3.24 Å². The van der Waals surface area contributed by atoms with E-state index in [1.807, 2.05) is 12.1 Å². The zero-order valence-electron chi connectivity index (χ0n) is 11.8. The first kappa shape index (κ1) is 14.0. The zero-order valence-corrected chi connectivity index (χ0v) is 13.4. The predicted molar refractivity (Wildman–Crippen MR) is 97.0 cm³/mol. The van der Waals surface area contributed by atoms with Crippen LogP contribution in [-0.4, -0.2) is 7.85 Å². The lowest BCUT2D eigenvalue weighted by Gasteiger charge is -2.25. The molecule has 3 aromatic rings. The van der Waals surface area contributed by atoms with Gasteiger partial charge in [-0.25, -0.2) is 0 Å². The molecule has 21 heavy (non-hydrogen) atoms. The molecule has 0 bridgehead atoms. The number of halogens is 1. The molecule has 0 unspecified atom stereocenters. The second kappa shape index (κ2) is 6.19. The van der Waals surface area contributed by atoms with Crippen LogP contribution in [0.25, 0.3) is 0 Å². The summed E-state index contributed by atoms with van der Waals surface area (Å²) in [6, 6.07) is 27.3. The van der Waals surface area contributed by atoms with Crippen molar-refractivity contribution in [3.8, 4) is 0 Å². The zero-order chi connectivity index (χ0) is 14.7. The molecule has 0 saturated heterocycles. The maximum Gasteiger partial charge on any atom is 0.139 e. The highest BCUT2D eigenvalue weighted by molar-refractivity contribution is 9.10. The second-order valence-electron chi connectivity index (χ2n) is 4.99. The fourth-order valence-corrected chi connectivity index (χ4v) is 2.79. The van der Waals surface area contributed by atoms with Crippen molar-refractivity contribution in [3.63, 3.8) is 0 Å². The van der Waals surface area contributed by atoms with Crippen LogP contribution in [0.1, 0.15) is 0 Å². The number of anilines is 3. The third kappa shape index (κ3) is 3.19. The second-order valence-corrected chi connectivity index (χ2v) is 5.91. The molecule has 3 rings (SSSR count). The van der Waals surface area contributed by atoms with Gasteiger partial charge in [-0.3, -0.25) is 0 Å². The number of nitrogens with zero attached hydrogens (tertiary/aromatic N) is 1. The SMILES string of the molecule is Bc1cccc(N(c2ccccc2)c2cccc(Br)c2)c1. The minimum absolute atomic E-state index is 1.08. The molecular weight excluding hydrogens is 321 g/mol. The standard InChI is InChI=1S/C18H15BBrN/c19-14-6-4-10-17(12-14)21(16-8-2-1-3-9-16)18-11-5-7-15(20)13-18/h1-13H,19H2. The van der Waals surface area contributed by atoms with Crippen LogP contribution in [0.3, 0.4) is 0 Å². The minimum Gasteiger partial charge on any atom is -0.310 e. The number of benzene rings is 3. The Morgan fingerprint density at radius 1 is 0.667 bits per heavy atom. The Balaban J connectivity index is 2.16. The first-order chi connectivity index (χ1) is 10.2. The van der Waals surface area contributed by atoms with E-state index in [4.69, 9.17) is 0 Å². The highest BCUT2D eigenvalue weighted by Crippen LogP contribution is 2.34. The monoisotopic (exact) mass is 335 g/mol. The highest BCUT2D eigenvalue weighted by atomic mass is 79.9. The number of hydrogen-bond acceptors (Lipinski definition) is 1. The van der Waals surface area contributed by atoms with Crippen molar-refractivity contribution >= 4 is 46.3 Å². The summed E-state index contributed by atoms with van der Waals surface area (Å²) < 4.78 is 1.08. The predicted octanol–water partition coefficient (Wildman–Crippen LogP) is 4.18. The van der Waals surface area contributed by atoms with Gasteiger partial charge in [0.05, 0.1) is 0 Å². The lowest BCUT2D eigenvalue weighted by atomic mass is 9.95. The molecule has 0 aliphatic heterocycles. The summed E-state index contributed by atoms with van der Waals surface area (Å²) in [5.74, 6) is 0. The van der Waals surface area contributed by atoms with Gasteiger partial charge in [0, 0.05) is 21.5 Å². The molecule has 3 aromatic carbocycles. The van der Waals surface area contributed by atoms with Crippen LogP contribution in [0.4, 0.5) is 17.1 Å². The molecule has 0 spiro atoms. The molecule has 3 heteroatoms. The Morgan fingerprint density at radius 2 is 1.29 bits per heavy atom. The summed E-state index contributed by atoms with van der Waals surface area (Å²) in [5, 5.41) is 0. The molecule has 0 saturated carbocycles. The smallest absolute Gasteiger partial charge is 0.139 e. The van der Waals surface area contributed by atoms with Gasteiger partial charge in [0.1, 0.15) is 7.85 Å². The van der Waals surface area contributed by atoms with Gasteiger partial charge in [0.25, 0.3) is 0 Å². The van der Waals surface area contributed by atoms with Gasteiger partial charge in [-0.2, -0.15) is 0 Å². The number of para-hydroxylation sites is 1. The lowest BCUT2D eigenvalue weighted by molar-refractivity contribution is 1.28. The van der Waals surface area contributed by atoms with E-state index in [0.29, 0.717) is 0 Å². The quantitative estimate of drug-likeness (QED) is 0.649. The van der Waals surface area contributed by atoms with Gasteiger partial charge in [0.15, 0.2) is 0 Å². The molecule has 102 valence electrons. The fraction of sp³-hybridized carbons (Fsp3) is 0. The van der Waals surface area contributed by atoms with E-state index in [1.165, 1.54) is 11.2 Å². The summed E-state index contributed by atoms with van der Waals surface area (Å²) in [5.41, 5.74) is 4.71. The molecule has 0 atom stereocenters. The Bertz CT molecular complexity index is 697. The Morgan fingerprint density at radius 3 is 1.95 bits per heavy atom. The van der Waals surface area contributed by atoms with Crippen molar-refractivity contribution in [3.05, 3.63) is 83.3 Å². The van der Waals surface area contributed by atoms with Gasteiger partial charge in [0.2, 0.25) is 0 Å². The molecule has 0 aliphatic rings. The van der Waals surface area contributed by atoms with Gasteiger partial charge < -0.3 is 4.90 Å². The molecule has 0 amide bonds. The molecule has 1 nitrogen and oxygen atoms in total. The summed E-state index contributed by atoms with van der Waals surface area (Å²) in [6.07, 6.45) is 0.